The zero-order chi connectivity index (χ0) is 13.5. The highest BCUT2D eigenvalue weighted by Gasteiger charge is 2.34. The first kappa shape index (κ1) is 15.5. The quantitative estimate of drug-likeness (QED) is 0.535. The van der Waals surface area contributed by atoms with Crippen LogP contribution in [0.5, 0.6) is 0 Å². The lowest BCUT2D eigenvalue weighted by molar-refractivity contribution is -0.0491. The van der Waals surface area contributed by atoms with Crippen molar-refractivity contribution in [2.75, 3.05) is 14.2 Å². The summed E-state index contributed by atoms with van der Waals surface area (Å²) in [7, 11) is 2.74. The van der Waals surface area contributed by atoms with Crippen LogP contribution in [0.25, 0.3) is 0 Å². The third-order valence-electron chi connectivity index (χ3n) is 5.40. The summed E-state index contributed by atoms with van der Waals surface area (Å²) >= 11 is 0. The predicted molar refractivity (Wildman–Crippen MR) is 83.2 cm³/mol. The van der Waals surface area contributed by atoms with Gasteiger partial charge < -0.3 is 9.47 Å². The van der Waals surface area contributed by atoms with Crippen LogP contribution in [0.3, 0.4) is 0 Å². The maximum absolute atomic E-state index is 5.70. The van der Waals surface area contributed by atoms with E-state index in [-0.39, 0.29) is 5.91 Å². The van der Waals surface area contributed by atoms with E-state index in [0.717, 1.165) is 11.5 Å². The monoisotopic (exact) mass is 284 g/mol. The van der Waals surface area contributed by atoms with Crippen LogP contribution in [-0.2, 0) is 9.47 Å². The molecule has 0 aromatic carbocycles. The van der Waals surface area contributed by atoms with Crippen molar-refractivity contribution >= 4 is 8.80 Å². The summed E-state index contributed by atoms with van der Waals surface area (Å²) in [5.41, 5.74) is 0.973. The lowest BCUT2D eigenvalue weighted by Gasteiger charge is -2.36. The van der Waals surface area contributed by atoms with Crippen molar-refractivity contribution in [3.8, 4) is 0 Å². The van der Waals surface area contributed by atoms with Crippen LogP contribution in [0.15, 0.2) is 0 Å². The molecule has 0 bridgehead atoms. The molecule has 0 spiro atoms. The van der Waals surface area contributed by atoms with Crippen LogP contribution in [0.4, 0.5) is 0 Å². The number of methoxy groups -OCH3 is 2. The average molecular weight is 285 g/mol. The summed E-state index contributed by atoms with van der Waals surface area (Å²) in [4.78, 5) is 0. The van der Waals surface area contributed by atoms with Gasteiger partial charge in [0.05, 0.1) is 0 Å². The van der Waals surface area contributed by atoms with Gasteiger partial charge in [0.1, 0.15) is 14.7 Å². The van der Waals surface area contributed by atoms with Crippen LogP contribution in [-0.4, -0.2) is 28.9 Å². The van der Waals surface area contributed by atoms with Gasteiger partial charge in [-0.15, -0.1) is 0 Å². The fourth-order valence-corrected chi connectivity index (χ4v) is 8.66. The van der Waals surface area contributed by atoms with Gasteiger partial charge in [-0.25, -0.2) is 0 Å². The largest absolute Gasteiger partial charge is 0.360 e. The zero-order valence-corrected chi connectivity index (χ0v) is 14.1. The summed E-state index contributed by atoms with van der Waals surface area (Å²) in [5, 5.41) is 0. The fraction of sp³-hybridized carbons (Fsp3) is 1.00. The van der Waals surface area contributed by atoms with Crippen LogP contribution in [0, 0.1) is 5.92 Å². The lowest BCUT2D eigenvalue weighted by atomic mass is 9.91. The molecule has 19 heavy (non-hydrogen) atoms. The van der Waals surface area contributed by atoms with Gasteiger partial charge in [0, 0.05) is 14.2 Å². The van der Waals surface area contributed by atoms with Gasteiger partial charge in [0.2, 0.25) is 0 Å². The molecule has 0 radical (unpaired) electrons. The van der Waals surface area contributed by atoms with Gasteiger partial charge in [-0.3, -0.25) is 0 Å². The summed E-state index contributed by atoms with van der Waals surface area (Å²) < 4.78 is 11.4. The summed E-state index contributed by atoms with van der Waals surface area (Å²) in [6.07, 6.45) is 14.6. The minimum absolute atomic E-state index is 0.157. The van der Waals surface area contributed by atoms with Crippen molar-refractivity contribution in [3.05, 3.63) is 0 Å². The third kappa shape index (κ3) is 4.57. The van der Waals surface area contributed by atoms with E-state index < -0.39 is 8.80 Å². The summed E-state index contributed by atoms with van der Waals surface area (Å²) in [6, 6.07) is 1.47. The Morgan fingerprint density at radius 1 is 0.842 bits per heavy atom. The van der Waals surface area contributed by atoms with Gasteiger partial charge in [0.25, 0.3) is 0 Å². The highest BCUT2D eigenvalue weighted by Crippen LogP contribution is 2.38. The standard InChI is InChI=1S/C16H32O2Si/c1-17-16(18-2)19(15-11-7-4-8-12-15)13-14-9-5-3-6-10-14/h14-16,19H,3-13H2,1-2H3. The number of hydrogen-bond acceptors (Lipinski definition) is 2. The van der Waals surface area contributed by atoms with Crippen molar-refractivity contribution in [2.24, 2.45) is 5.92 Å². The molecular formula is C16H32O2Si. The molecule has 0 amide bonds. The maximum Gasteiger partial charge on any atom is 0.137 e. The molecule has 112 valence electrons. The molecule has 0 aromatic heterocycles. The molecule has 1 unspecified atom stereocenters. The molecule has 0 saturated heterocycles. The number of ether oxygens (including phenoxy) is 2. The molecule has 0 aliphatic heterocycles. The Balaban J connectivity index is 1.95. The van der Waals surface area contributed by atoms with Crippen LogP contribution in [0.2, 0.25) is 11.6 Å². The highest BCUT2D eigenvalue weighted by molar-refractivity contribution is 6.61. The van der Waals surface area contributed by atoms with Crippen LogP contribution < -0.4 is 0 Å². The molecule has 2 nitrogen and oxygen atoms in total. The van der Waals surface area contributed by atoms with E-state index >= 15 is 0 Å². The Hall–Kier alpha value is 0.137. The van der Waals surface area contributed by atoms with Crippen LogP contribution >= 0.6 is 0 Å². The Labute approximate surface area is 120 Å². The topological polar surface area (TPSA) is 18.5 Å². The Morgan fingerprint density at radius 3 is 1.89 bits per heavy atom. The second-order valence-corrected chi connectivity index (χ2v) is 9.93. The van der Waals surface area contributed by atoms with E-state index in [4.69, 9.17) is 9.47 Å². The van der Waals surface area contributed by atoms with Gasteiger partial charge in [0.15, 0.2) is 0 Å². The van der Waals surface area contributed by atoms with Crippen molar-refractivity contribution in [1.82, 2.24) is 0 Å². The molecule has 2 saturated carbocycles. The van der Waals surface area contributed by atoms with E-state index in [2.05, 4.69) is 0 Å². The first-order valence-electron chi connectivity index (χ1n) is 8.40. The van der Waals surface area contributed by atoms with Gasteiger partial charge >= 0.3 is 0 Å². The van der Waals surface area contributed by atoms with Crippen molar-refractivity contribution in [2.45, 2.75) is 81.7 Å². The third-order valence-corrected chi connectivity index (χ3v) is 9.73. The minimum Gasteiger partial charge on any atom is -0.360 e. The zero-order valence-electron chi connectivity index (χ0n) is 12.9. The molecule has 3 heteroatoms. The SMILES string of the molecule is COC(OC)[SiH](CC1CCCCC1)C1CCCCC1. The Bertz CT molecular complexity index is 231. The van der Waals surface area contributed by atoms with Gasteiger partial charge in [-0.1, -0.05) is 70.3 Å². The van der Waals surface area contributed by atoms with E-state index in [1.807, 2.05) is 14.2 Å². The molecule has 0 N–H and O–H groups in total. The predicted octanol–water partition coefficient (Wildman–Crippen LogP) is 4.29. The van der Waals surface area contributed by atoms with E-state index in [9.17, 15) is 0 Å². The molecular weight excluding hydrogens is 252 g/mol. The van der Waals surface area contributed by atoms with Crippen molar-refractivity contribution in [1.29, 1.82) is 0 Å². The Morgan fingerprint density at radius 2 is 1.37 bits per heavy atom. The summed E-state index contributed by atoms with van der Waals surface area (Å²) in [6.45, 7) is 0. The van der Waals surface area contributed by atoms with Crippen LogP contribution in [0.1, 0.15) is 64.2 Å². The van der Waals surface area contributed by atoms with E-state index in [1.165, 1.54) is 70.3 Å². The number of rotatable bonds is 6. The second-order valence-electron chi connectivity index (χ2n) is 6.64. The molecule has 0 heterocycles. The van der Waals surface area contributed by atoms with E-state index in [0.29, 0.717) is 0 Å². The van der Waals surface area contributed by atoms with Gasteiger partial charge in [-0.2, -0.15) is 0 Å². The highest BCUT2D eigenvalue weighted by atomic mass is 28.3. The first-order valence-corrected chi connectivity index (χ1v) is 10.6. The second kappa shape index (κ2) is 8.43. The molecule has 0 aromatic rings. The maximum atomic E-state index is 5.70. The first-order chi connectivity index (χ1) is 9.35. The number of hydrogen-bond donors (Lipinski definition) is 0. The van der Waals surface area contributed by atoms with Gasteiger partial charge in [-0.05, 0) is 11.5 Å². The molecule has 2 aliphatic carbocycles. The molecule has 2 rings (SSSR count). The Kier molecular flexibility index (Phi) is 6.89. The average Bonchev–Trinajstić information content (AvgIpc) is 2.49. The molecule has 1 atom stereocenters. The van der Waals surface area contributed by atoms with E-state index in [1.54, 1.807) is 0 Å². The fourth-order valence-electron chi connectivity index (χ4n) is 4.34. The van der Waals surface area contributed by atoms with Crippen molar-refractivity contribution < 1.29 is 9.47 Å². The van der Waals surface area contributed by atoms with Crippen molar-refractivity contribution in [3.63, 3.8) is 0 Å². The smallest absolute Gasteiger partial charge is 0.137 e. The molecule has 2 fully saturated rings. The normalized spacial score (nSPS) is 24.8. The summed E-state index contributed by atoms with van der Waals surface area (Å²) in [5.74, 6) is 1.14. The minimum atomic E-state index is -0.948. The lowest BCUT2D eigenvalue weighted by Crippen LogP contribution is -2.40. The molecule has 2 aliphatic rings.